The van der Waals surface area contributed by atoms with Gasteiger partial charge in [0.15, 0.2) is 5.84 Å². The number of phenolic OH excluding ortho intramolecular Hbond substituents is 1. The van der Waals surface area contributed by atoms with Crippen LogP contribution in [0.5, 0.6) is 5.75 Å². The van der Waals surface area contributed by atoms with Gasteiger partial charge in [-0.05, 0) is 38.5 Å². The zero-order valence-electron chi connectivity index (χ0n) is 9.50. The van der Waals surface area contributed by atoms with Crippen LogP contribution in [0.3, 0.4) is 0 Å². The van der Waals surface area contributed by atoms with E-state index in [1.807, 2.05) is 19.9 Å². The molecule has 0 unspecified atom stereocenters. The third-order valence-electron chi connectivity index (χ3n) is 3.30. The van der Waals surface area contributed by atoms with Crippen molar-refractivity contribution < 1.29 is 5.11 Å². The van der Waals surface area contributed by atoms with Crippen LogP contribution < -0.4 is 10.6 Å². The average molecular weight is 212 g/mol. The fourth-order valence-electron chi connectivity index (χ4n) is 2.19. The van der Waals surface area contributed by atoms with Crippen molar-refractivity contribution >= 4 is 11.4 Å². The summed E-state index contributed by atoms with van der Waals surface area (Å²) in [6, 6.07) is 3.64. The first-order valence-electron chi connectivity index (χ1n) is 5.28. The van der Waals surface area contributed by atoms with Gasteiger partial charge in [0.1, 0.15) is 5.75 Å². The van der Waals surface area contributed by atoms with Gasteiger partial charge < -0.3 is 5.11 Å². The van der Waals surface area contributed by atoms with Gasteiger partial charge in [-0.15, -0.1) is 0 Å². The number of hydrogen-bond donors (Lipinski definition) is 1. The largest absolute Gasteiger partial charge is 0.508 e. The van der Waals surface area contributed by atoms with Crippen molar-refractivity contribution in [1.29, 1.82) is 0 Å². The molecule has 3 heteroatoms. The Hall–Kier alpha value is -1.90. The molecule has 1 aromatic carbocycles. The first-order valence-corrected chi connectivity index (χ1v) is 5.28. The van der Waals surface area contributed by atoms with E-state index in [1.165, 1.54) is 5.57 Å². The molecule has 0 fully saturated rings. The summed E-state index contributed by atoms with van der Waals surface area (Å²) in [6.45, 7) is 5.94. The highest BCUT2D eigenvalue weighted by atomic mass is 16.3. The summed E-state index contributed by atoms with van der Waals surface area (Å²) in [5.41, 5.74) is 4.16. The summed E-state index contributed by atoms with van der Waals surface area (Å²) in [5.74, 6) is 1.08. The first-order chi connectivity index (χ1) is 7.59. The van der Waals surface area contributed by atoms with Gasteiger partial charge in [0.2, 0.25) is 0 Å². The summed E-state index contributed by atoms with van der Waals surface area (Å²) in [7, 11) is 0. The molecule has 2 heterocycles. The molecular weight excluding hydrogens is 200 g/mol. The number of phenols is 1. The predicted octanol–water partition coefficient (Wildman–Crippen LogP) is 1.19. The third kappa shape index (κ3) is 0.975. The summed E-state index contributed by atoms with van der Waals surface area (Å²) in [5, 5.41) is 11.6. The Labute approximate surface area is 93.2 Å². The highest BCUT2D eigenvalue weighted by Gasteiger charge is 2.23. The Morgan fingerprint density at radius 3 is 2.56 bits per heavy atom. The van der Waals surface area contributed by atoms with E-state index in [0.29, 0.717) is 5.75 Å². The molecule has 0 aromatic heterocycles. The van der Waals surface area contributed by atoms with E-state index in [4.69, 9.17) is 0 Å². The second kappa shape index (κ2) is 2.82. The Morgan fingerprint density at radius 1 is 1.06 bits per heavy atom. The number of allylic oxidation sites excluding steroid dienone is 1. The van der Waals surface area contributed by atoms with Crippen LogP contribution >= 0.6 is 0 Å². The topological polar surface area (TPSA) is 45.0 Å². The Morgan fingerprint density at radius 2 is 1.81 bits per heavy atom. The fourth-order valence-corrected chi connectivity index (χ4v) is 2.19. The number of benzene rings is 1. The molecule has 16 heavy (non-hydrogen) atoms. The zero-order chi connectivity index (χ0) is 11.4. The first kappa shape index (κ1) is 9.33. The lowest BCUT2D eigenvalue weighted by molar-refractivity contribution is 0.470. The van der Waals surface area contributed by atoms with E-state index in [9.17, 15) is 5.11 Å². The van der Waals surface area contributed by atoms with Crippen molar-refractivity contribution in [3.05, 3.63) is 39.5 Å². The minimum absolute atomic E-state index is 0.294. The summed E-state index contributed by atoms with van der Waals surface area (Å²) in [4.78, 5) is 8.91. The summed E-state index contributed by atoms with van der Waals surface area (Å²) >= 11 is 0. The van der Waals surface area contributed by atoms with Crippen LogP contribution in [0.4, 0.5) is 0 Å². The third-order valence-corrected chi connectivity index (χ3v) is 3.30. The van der Waals surface area contributed by atoms with Gasteiger partial charge >= 0.3 is 0 Å². The van der Waals surface area contributed by atoms with Crippen LogP contribution in [-0.2, 0) is 0 Å². The minimum Gasteiger partial charge on any atom is -0.508 e. The monoisotopic (exact) mass is 212 g/mol. The van der Waals surface area contributed by atoms with Gasteiger partial charge in [-0.2, -0.15) is 0 Å². The smallest absolute Gasteiger partial charge is 0.161 e. The van der Waals surface area contributed by atoms with Gasteiger partial charge in [-0.1, -0.05) is 0 Å². The molecule has 1 N–H and O–H groups in total. The van der Waals surface area contributed by atoms with Crippen LogP contribution in [0, 0.1) is 6.92 Å². The molecule has 0 spiro atoms. The molecule has 2 aliphatic heterocycles. The van der Waals surface area contributed by atoms with Crippen LogP contribution in [0.2, 0.25) is 0 Å². The van der Waals surface area contributed by atoms with Crippen LogP contribution in [-0.4, -0.2) is 10.9 Å². The maximum absolute atomic E-state index is 9.64. The van der Waals surface area contributed by atoms with Crippen molar-refractivity contribution in [2.24, 2.45) is 9.98 Å². The van der Waals surface area contributed by atoms with E-state index in [1.54, 1.807) is 6.07 Å². The normalized spacial score (nSPS) is 17.2. The maximum atomic E-state index is 9.64. The Balaban J connectivity index is 2.50. The number of amidine groups is 1. The SMILES string of the molecule is CC1=C(C)C2=c3ccc(O)c(C)c3=NC2=N1. The highest BCUT2D eigenvalue weighted by molar-refractivity contribution is 6.26. The van der Waals surface area contributed by atoms with Crippen molar-refractivity contribution in [3.63, 3.8) is 0 Å². The molecule has 0 aliphatic carbocycles. The number of rotatable bonds is 0. The van der Waals surface area contributed by atoms with Gasteiger partial charge in [0.25, 0.3) is 0 Å². The maximum Gasteiger partial charge on any atom is 0.161 e. The molecule has 2 aliphatic rings. The molecule has 3 nitrogen and oxygen atoms in total. The standard InChI is InChI=1S/C13H12N2O/c1-6-8(3)14-13-11(6)9-4-5-10(16)7(2)12(9)15-13/h4-5,16H,1-3H3. The molecule has 3 rings (SSSR count). The van der Waals surface area contributed by atoms with Crippen molar-refractivity contribution in [2.45, 2.75) is 20.8 Å². The van der Waals surface area contributed by atoms with Gasteiger partial charge in [0, 0.05) is 22.1 Å². The van der Waals surface area contributed by atoms with E-state index in [2.05, 4.69) is 16.9 Å². The second-order valence-corrected chi connectivity index (χ2v) is 4.24. The van der Waals surface area contributed by atoms with Gasteiger partial charge in [-0.25, -0.2) is 9.98 Å². The van der Waals surface area contributed by atoms with Crippen LogP contribution in [0.15, 0.2) is 33.4 Å². The van der Waals surface area contributed by atoms with E-state index in [0.717, 1.165) is 33.2 Å². The Bertz CT molecular complexity index is 693. The molecule has 80 valence electrons. The van der Waals surface area contributed by atoms with Crippen molar-refractivity contribution in [2.75, 3.05) is 0 Å². The van der Waals surface area contributed by atoms with Gasteiger partial charge in [-0.3, -0.25) is 0 Å². The molecule has 0 saturated carbocycles. The predicted molar refractivity (Wildman–Crippen MR) is 62.8 cm³/mol. The van der Waals surface area contributed by atoms with E-state index in [-0.39, 0.29) is 0 Å². The Kier molecular flexibility index (Phi) is 1.64. The molecule has 1 aromatic rings. The lowest BCUT2D eigenvalue weighted by Gasteiger charge is -1.98. The summed E-state index contributed by atoms with van der Waals surface area (Å²) in [6.07, 6.45) is 0. The van der Waals surface area contributed by atoms with E-state index < -0.39 is 0 Å². The lowest BCUT2D eigenvalue weighted by Crippen LogP contribution is -2.25. The van der Waals surface area contributed by atoms with E-state index >= 15 is 0 Å². The second-order valence-electron chi connectivity index (χ2n) is 4.24. The van der Waals surface area contributed by atoms with Crippen molar-refractivity contribution in [1.82, 2.24) is 0 Å². The fraction of sp³-hybridized carbons (Fsp3) is 0.231. The lowest BCUT2D eigenvalue weighted by atomic mass is 10.0. The van der Waals surface area contributed by atoms with Crippen molar-refractivity contribution in [3.8, 4) is 5.75 Å². The highest BCUT2D eigenvalue weighted by Crippen LogP contribution is 2.26. The molecule has 0 bridgehead atoms. The quantitative estimate of drug-likeness (QED) is 0.689. The molecule has 0 radical (unpaired) electrons. The number of aromatic hydroxyl groups is 1. The number of nitrogens with zero attached hydrogens (tertiary/aromatic N) is 2. The van der Waals surface area contributed by atoms with Crippen LogP contribution in [0.1, 0.15) is 19.4 Å². The molecule has 0 atom stereocenters. The zero-order valence-corrected chi connectivity index (χ0v) is 9.50. The summed E-state index contributed by atoms with van der Waals surface area (Å²) < 4.78 is 0. The number of hydrogen-bond acceptors (Lipinski definition) is 3. The number of aliphatic imine (C=N–C) groups is 1. The van der Waals surface area contributed by atoms with Gasteiger partial charge in [0.05, 0.1) is 5.36 Å². The molecule has 0 amide bonds. The minimum atomic E-state index is 0.294. The molecule has 0 saturated heterocycles. The average Bonchev–Trinajstić information content (AvgIpc) is 2.73. The number of fused-ring (bicyclic) bond motifs is 2. The molecular formula is C13H12N2O. The van der Waals surface area contributed by atoms with Crippen LogP contribution in [0.25, 0.3) is 5.57 Å².